The fourth-order valence-electron chi connectivity index (χ4n) is 1.44. The van der Waals surface area contributed by atoms with E-state index in [1.807, 2.05) is 6.07 Å². The number of anilines is 1. The molecule has 0 aliphatic carbocycles. The van der Waals surface area contributed by atoms with Crippen LogP contribution in [0.5, 0.6) is 5.75 Å². The van der Waals surface area contributed by atoms with Gasteiger partial charge in [0.2, 0.25) is 0 Å². The highest BCUT2D eigenvalue weighted by Crippen LogP contribution is 2.17. The minimum absolute atomic E-state index is 0.0785. The van der Waals surface area contributed by atoms with Crippen LogP contribution in [0.1, 0.15) is 16.1 Å². The Morgan fingerprint density at radius 3 is 2.78 bits per heavy atom. The lowest BCUT2D eigenvalue weighted by molar-refractivity contribution is 0.101. The van der Waals surface area contributed by atoms with E-state index < -0.39 is 5.91 Å². The Hall–Kier alpha value is -2.87. The SMILES string of the molecule is N#Cc1ccccc1NC(=O)c1ncccc1O. The second kappa shape index (κ2) is 4.97. The van der Waals surface area contributed by atoms with Gasteiger partial charge in [-0.25, -0.2) is 4.98 Å². The normalized spacial score (nSPS) is 9.50. The quantitative estimate of drug-likeness (QED) is 0.838. The van der Waals surface area contributed by atoms with Crippen LogP contribution in [0.2, 0.25) is 0 Å². The van der Waals surface area contributed by atoms with E-state index in [0.717, 1.165) is 0 Å². The summed E-state index contributed by atoms with van der Waals surface area (Å²) >= 11 is 0. The molecular formula is C13H9N3O2. The molecule has 0 aliphatic heterocycles. The zero-order valence-electron chi connectivity index (χ0n) is 9.29. The summed E-state index contributed by atoms with van der Waals surface area (Å²) in [6.07, 6.45) is 1.41. The predicted molar refractivity (Wildman–Crippen MR) is 65.0 cm³/mol. The number of benzene rings is 1. The Balaban J connectivity index is 2.28. The average Bonchev–Trinajstić information content (AvgIpc) is 2.39. The van der Waals surface area contributed by atoms with E-state index in [-0.39, 0.29) is 11.4 Å². The molecule has 1 heterocycles. The van der Waals surface area contributed by atoms with Gasteiger partial charge in [-0.1, -0.05) is 12.1 Å². The van der Waals surface area contributed by atoms with E-state index in [1.54, 1.807) is 24.3 Å². The zero-order valence-corrected chi connectivity index (χ0v) is 9.29. The molecule has 5 heteroatoms. The highest BCUT2D eigenvalue weighted by molar-refractivity contribution is 6.05. The van der Waals surface area contributed by atoms with Crippen molar-refractivity contribution in [3.8, 4) is 11.8 Å². The molecule has 0 spiro atoms. The number of carbonyl (C=O) groups excluding carboxylic acids is 1. The lowest BCUT2D eigenvalue weighted by Gasteiger charge is -2.06. The number of hydrogen-bond donors (Lipinski definition) is 2. The third-order valence-corrected chi connectivity index (χ3v) is 2.30. The van der Waals surface area contributed by atoms with Crippen molar-refractivity contribution in [1.29, 1.82) is 5.26 Å². The Morgan fingerprint density at radius 2 is 2.06 bits per heavy atom. The molecule has 2 aromatic rings. The molecule has 18 heavy (non-hydrogen) atoms. The maximum Gasteiger partial charge on any atom is 0.278 e. The second-order valence-electron chi connectivity index (χ2n) is 3.48. The van der Waals surface area contributed by atoms with Crippen LogP contribution in [0.25, 0.3) is 0 Å². The molecule has 2 rings (SSSR count). The molecule has 2 N–H and O–H groups in total. The van der Waals surface area contributed by atoms with E-state index in [2.05, 4.69) is 10.3 Å². The van der Waals surface area contributed by atoms with Crippen LogP contribution >= 0.6 is 0 Å². The third-order valence-electron chi connectivity index (χ3n) is 2.30. The molecule has 0 radical (unpaired) electrons. The summed E-state index contributed by atoms with van der Waals surface area (Å²) in [6.45, 7) is 0. The van der Waals surface area contributed by atoms with E-state index in [0.29, 0.717) is 11.3 Å². The molecule has 0 atom stereocenters. The van der Waals surface area contributed by atoms with Gasteiger partial charge in [0.1, 0.15) is 11.8 Å². The maximum absolute atomic E-state index is 11.9. The first kappa shape index (κ1) is 11.6. The van der Waals surface area contributed by atoms with Crippen molar-refractivity contribution in [2.45, 2.75) is 0 Å². The number of nitrogens with zero attached hydrogens (tertiary/aromatic N) is 2. The van der Waals surface area contributed by atoms with Gasteiger partial charge in [0.15, 0.2) is 5.69 Å². The minimum Gasteiger partial charge on any atom is -0.505 e. The Labute approximate surface area is 103 Å². The molecule has 1 aromatic heterocycles. The largest absolute Gasteiger partial charge is 0.505 e. The molecular weight excluding hydrogens is 230 g/mol. The first-order chi connectivity index (χ1) is 8.72. The van der Waals surface area contributed by atoms with E-state index in [9.17, 15) is 9.90 Å². The zero-order chi connectivity index (χ0) is 13.0. The number of amides is 1. The first-order valence-electron chi connectivity index (χ1n) is 5.17. The van der Waals surface area contributed by atoms with E-state index >= 15 is 0 Å². The van der Waals surface area contributed by atoms with Crippen molar-refractivity contribution >= 4 is 11.6 Å². The number of carbonyl (C=O) groups is 1. The lowest BCUT2D eigenvalue weighted by Crippen LogP contribution is -2.14. The van der Waals surface area contributed by atoms with Gasteiger partial charge in [0, 0.05) is 6.20 Å². The Bertz CT molecular complexity index is 632. The number of rotatable bonds is 2. The molecule has 0 aliphatic rings. The van der Waals surface area contributed by atoms with Crippen LogP contribution in [0.3, 0.4) is 0 Å². The van der Waals surface area contributed by atoms with Crippen molar-refractivity contribution < 1.29 is 9.90 Å². The van der Waals surface area contributed by atoms with Crippen LogP contribution in [-0.4, -0.2) is 16.0 Å². The summed E-state index contributed by atoms with van der Waals surface area (Å²) in [7, 11) is 0. The fraction of sp³-hybridized carbons (Fsp3) is 0. The maximum atomic E-state index is 11.9. The summed E-state index contributed by atoms with van der Waals surface area (Å²) in [6, 6.07) is 11.5. The van der Waals surface area contributed by atoms with Gasteiger partial charge >= 0.3 is 0 Å². The van der Waals surface area contributed by atoms with Gasteiger partial charge in [-0.2, -0.15) is 5.26 Å². The van der Waals surface area contributed by atoms with Crippen molar-refractivity contribution in [1.82, 2.24) is 4.98 Å². The van der Waals surface area contributed by atoms with Crippen LogP contribution < -0.4 is 5.32 Å². The Morgan fingerprint density at radius 1 is 1.28 bits per heavy atom. The number of hydrogen-bond acceptors (Lipinski definition) is 4. The number of aromatic nitrogens is 1. The minimum atomic E-state index is -0.559. The fourth-order valence-corrected chi connectivity index (χ4v) is 1.44. The van der Waals surface area contributed by atoms with Gasteiger partial charge in [0.25, 0.3) is 5.91 Å². The molecule has 0 saturated carbocycles. The number of pyridine rings is 1. The number of aromatic hydroxyl groups is 1. The van der Waals surface area contributed by atoms with E-state index in [1.165, 1.54) is 18.3 Å². The topological polar surface area (TPSA) is 86.0 Å². The summed E-state index contributed by atoms with van der Waals surface area (Å²) in [5, 5.41) is 20.9. The van der Waals surface area contributed by atoms with Crippen LogP contribution in [0.4, 0.5) is 5.69 Å². The monoisotopic (exact) mass is 239 g/mol. The molecule has 0 fully saturated rings. The average molecular weight is 239 g/mol. The highest BCUT2D eigenvalue weighted by atomic mass is 16.3. The van der Waals surface area contributed by atoms with Crippen molar-refractivity contribution in [2.75, 3.05) is 5.32 Å². The smallest absolute Gasteiger partial charge is 0.278 e. The molecule has 0 bridgehead atoms. The molecule has 88 valence electrons. The number of para-hydroxylation sites is 1. The first-order valence-corrected chi connectivity index (χ1v) is 5.17. The molecule has 1 amide bonds. The third kappa shape index (κ3) is 2.28. The molecule has 5 nitrogen and oxygen atoms in total. The van der Waals surface area contributed by atoms with E-state index in [4.69, 9.17) is 5.26 Å². The van der Waals surface area contributed by atoms with Crippen molar-refractivity contribution in [2.24, 2.45) is 0 Å². The van der Waals surface area contributed by atoms with Gasteiger partial charge in [-0.3, -0.25) is 4.79 Å². The van der Waals surface area contributed by atoms with Gasteiger partial charge in [-0.15, -0.1) is 0 Å². The highest BCUT2D eigenvalue weighted by Gasteiger charge is 2.13. The standard InChI is InChI=1S/C13H9N3O2/c14-8-9-4-1-2-5-10(9)16-13(18)12-11(17)6-3-7-15-12/h1-7,17H,(H,16,18). The summed E-state index contributed by atoms with van der Waals surface area (Å²) < 4.78 is 0. The van der Waals surface area contributed by atoms with Crippen molar-refractivity contribution in [3.05, 3.63) is 53.9 Å². The summed E-state index contributed by atoms with van der Waals surface area (Å²) in [4.78, 5) is 15.6. The van der Waals surface area contributed by atoms with Gasteiger partial charge < -0.3 is 10.4 Å². The summed E-state index contributed by atoms with van der Waals surface area (Å²) in [5.74, 6) is -0.764. The van der Waals surface area contributed by atoms with Gasteiger partial charge in [0.05, 0.1) is 11.3 Å². The molecule has 0 saturated heterocycles. The molecule has 1 aromatic carbocycles. The number of nitriles is 1. The Kier molecular flexibility index (Phi) is 3.21. The van der Waals surface area contributed by atoms with Crippen LogP contribution in [-0.2, 0) is 0 Å². The second-order valence-corrected chi connectivity index (χ2v) is 3.48. The van der Waals surface area contributed by atoms with Crippen LogP contribution in [0.15, 0.2) is 42.6 Å². The van der Waals surface area contributed by atoms with Gasteiger partial charge in [-0.05, 0) is 24.3 Å². The number of nitrogens with one attached hydrogen (secondary N) is 1. The van der Waals surface area contributed by atoms with Crippen LogP contribution in [0, 0.1) is 11.3 Å². The molecule has 0 unspecified atom stereocenters. The lowest BCUT2D eigenvalue weighted by atomic mass is 10.2. The predicted octanol–water partition coefficient (Wildman–Crippen LogP) is 1.91. The summed E-state index contributed by atoms with van der Waals surface area (Å²) in [5.41, 5.74) is 0.654. The van der Waals surface area contributed by atoms with Crippen molar-refractivity contribution in [3.63, 3.8) is 0 Å².